The average molecular weight is 276 g/mol. The molecule has 0 aliphatic carbocycles. The molecule has 0 aliphatic heterocycles. The fraction of sp³-hybridized carbons (Fsp3) is 1.00. The Morgan fingerprint density at radius 3 is 1.72 bits per heavy atom. The first-order valence-electron chi connectivity index (χ1n) is 7.91. The predicted molar refractivity (Wildman–Crippen MR) is 81.9 cm³/mol. The number of hydrogen-bond acceptors (Lipinski definition) is 2. The van der Waals surface area contributed by atoms with Crippen LogP contribution in [0.3, 0.4) is 0 Å². The Morgan fingerprint density at radius 1 is 0.722 bits per heavy atom. The molecule has 2 nitrogen and oxygen atoms in total. The highest BCUT2D eigenvalue weighted by atomic mass is 31.2. The molecule has 0 atom stereocenters. The van der Waals surface area contributed by atoms with Crippen LogP contribution in [0.4, 0.5) is 0 Å². The van der Waals surface area contributed by atoms with Crippen LogP contribution >= 0.6 is 7.37 Å². The van der Waals surface area contributed by atoms with Crippen LogP contribution in [-0.4, -0.2) is 18.9 Å². The maximum atomic E-state index is 12.6. The summed E-state index contributed by atoms with van der Waals surface area (Å²) in [7, 11) is -2.31. The monoisotopic (exact) mass is 276 g/mol. The largest absolute Gasteiger partial charge is 0.328 e. The third kappa shape index (κ3) is 10.1. The normalized spacial score (nSPS) is 11.9. The number of unbranched alkanes of at least 4 members (excludes halogenated alkanes) is 6. The van der Waals surface area contributed by atoms with Crippen molar-refractivity contribution in [1.82, 2.24) is 0 Å². The molecular formula is C15H33O2P. The molecule has 0 saturated heterocycles. The molecule has 0 aromatic carbocycles. The van der Waals surface area contributed by atoms with Crippen LogP contribution in [0.15, 0.2) is 0 Å². The molecule has 0 bridgehead atoms. The van der Waals surface area contributed by atoms with E-state index in [0.29, 0.717) is 6.61 Å². The van der Waals surface area contributed by atoms with Crippen LogP contribution in [0.2, 0.25) is 0 Å². The minimum Gasteiger partial charge on any atom is -0.328 e. The molecule has 0 aromatic rings. The third-order valence-corrected chi connectivity index (χ3v) is 5.93. The van der Waals surface area contributed by atoms with Crippen LogP contribution in [0, 0.1) is 0 Å². The molecule has 0 spiro atoms. The van der Waals surface area contributed by atoms with E-state index in [9.17, 15) is 4.57 Å². The van der Waals surface area contributed by atoms with E-state index >= 15 is 0 Å². The van der Waals surface area contributed by atoms with Gasteiger partial charge in [0.1, 0.15) is 0 Å². The molecule has 0 fully saturated rings. The standard InChI is InChI=1S/C15H33O2P/c1-4-7-10-11-12-13-17-18(16,14-8-5-2)15-9-6-3/h4-15H2,1-3H3. The smallest absolute Gasteiger partial charge is 0.203 e. The molecule has 3 heteroatoms. The quantitative estimate of drug-likeness (QED) is 0.311. The van der Waals surface area contributed by atoms with Gasteiger partial charge in [0, 0.05) is 12.3 Å². The first-order valence-corrected chi connectivity index (χ1v) is 9.90. The average Bonchev–Trinajstić information content (AvgIpc) is 2.38. The molecular weight excluding hydrogens is 243 g/mol. The predicted octanol–water partition coefficient (Wildman–Crippen LogP) is 5.85. The lowest BCUT2D eigenvalue weighted by Crippen LogP contribution is -2.02. The molecule has 0 saturated carbocycles. The fourth-order valence-corrected chi connectivity index (χ4v) is 4.52. The van der Waals surface area contributed by atoms with Gasteiger partial charge in [-0.25, -0.2) is 0 Å². The highest BCUT2D eigenvalue weighted by Gasteiger charge is 2.21. The van der Waals surface area contributed by atoms with Crippen molar-refractivity contribution in [1.29, 1.82) is 0 Å². The maximum absolute atomic E-state index is 12.6. The van der Waals surface area contributed by atoms with Gasteiger partial charge in [-0.05, 0) is 19.3 Å². The Morgan fingerprint density at radius 2 is 1.22 bits per heavy atom. The SMILES string of the molecule is CCCCCCCOP(=O)(CCCC)CCCC. The molecule has 0 aliphatic rings. The summed E-state index contributed by atoms with van der Waals surface area (Å²) >= 11 is 0. The molecule has 0 radical (unpaired) electrons. The zero-order valence-corrected chi connectivity index (χ0v) is 13.6. The zero-order chi connectivity index (χ0) is 13.7. The van der Waals surface area contributed by atoms with Crippen molar-refractivity contribution in [2.75, 3.05) is 18.9 Å². The van der Waals surface area contributed by atoms with Crippen molar-refractivity contribution >= 4 is 7.37 Å². The van der Waals surface area contributed by atoms with Crippen LogP contribution < -0.4 is 0 Å². The van der Waals surface area contributed by atoms with Gasteiger partial charge in [-0.15, -0.1) is 0 Å². The van der Waals surface area contributed by atoms with Gasteiger partial charge in [0.2, 0.25) is 7.37 Å². The van der Waals surface area contributed by atoms with Gasteiger partial charge < -0.3 is 4.52 Å². The zero-order valence-electron chi connectivity index (χ0n) is 12.7. The minimum absolute atomic E-state index is 0.703. The van der Waals surface area contributed by atoms with Gasteiger partial charge in [0.05, 0.1) is 6.61 Å². The van der Waals surface area contributed by atoms with Crippen LogP contribution in [-0.2, 0) is 9.09 Å². The highest BCUT2D eigenvalue weighted by Crippen LogP contribution is 2.48. The first-order chi connectivity index (χ1) is 8.68. The topological polar surface area (TPSA) is 26.3 Å². The van der Waals surface area contributed by atoms with E-state index in [1.807, 2.05) is 0 Å². The van der Waals surface area contributed by atoms with Gasteiger partial charge in [-0.3, -0.25) is 4.57 Å². The Hall–Kier alpha value is 0.190. The fourth-order valence-electron chi connectivity index (χ4n) is 1.98. The number of hydrogen-bond donors (Lipinski definition) is 0. The van der Waals surface area contributed by atoms with Gasteiger partial charge in [-0.1, -0.05) is 59.3 Å². The van der Waals surface area contributed by atoms with Crippen molar-refractivity contribution in [3.05, 3.63) is 0 Å². The summed E-state index contributed by atoms with van der Waals surface area (Å²) in [5.41, 5.74) is 0. The molecule has 0 aromatic heterocycles. The van der Waals surface area contributed by atoms with Crippen molar-refractivity contribution in [2.45, 2.75) is 78.6 Å². The highest BCUT2D eigenvalue weighted by molar-refractivity contribution is 7.58. The Labute approximate surface area is 114 Å². The van der Waals surface area contributed by atoms with Crippen molar-refractivity contribution in [2.24, 2.45) is 0 Å². The molecule has 0 heterocycles. The summed E-state index contributed by atoms with van der Waals surface area (Å²) in [6.45, 7) is 7.22. The second-order valence-electron chi connectivity index (χ2n) is 5.22. The van der Waals surface area contributed by atoms with E-state index in [1.165, 1.54) is 25.7 Å². The van der Waals surface area contributed by atoms with Crippen molar-refractivity contribution in [3.8, 4) is 0 Å². The molecule has 0 amide bonds. The molecule has 0 rings (SSSR count). The summed E-state index contributed by atoms with van der Waals surface area (Å²) < 4.78 is 18.4. The second kappa shape index (κ2) is 12.2. The second-order valence-corrected chi connectivity index (χ2v) is 8.00. The summed E-state index contributed by atoms with van der Waals surface area (Å²) in [6, 6.07) is 0. The lowest BCUT2D eigenvalue weighted by atomic mass is 10.2. The summed E-state index contributed by atoms with van der Waals surface area (Å²) in [6.07, 6.45) is 12.0. The molecule has 0 unspecified atom stereocenters. The van der Waals surface area contributed by atoms with Gasteiger partial charge in [-0.2, -0.15) is 0 Å². The van der Waals surface area contributed by atoms with E-state index in [-0.39, 0.29) is 0 Å². The van der Waals surface area contributed by atoms with E-state index in [2.05, 4.69) is 20.8 Å². The maximum Gasteiger partial charge on any atom is 0.203 e. The Bertz CT molecular complexity index is 205. The third-order valence-electron chi connectivity index (χ3n) is 3.28. The lowest BCUT2D eigenvalue weighted by Gasteiger charge is -2.18. The van der Waals surface area contributed by atoms with E-state index < -0.39 is 7.37 Å². The van der Waals surface area contributed by atoms with Gasteiger partial charge >= 0.3 is 0 Å². The van der Waals surface area contributed by atoms with Gasteiger partial charge in [0.25, 0.3) is 0 Å². The molecule has 110 valence electrons. The Kier molecular flexibility index (Phi) is 12.4. The van der Waals surface area contributed by atoms with Crippen LogP contribution in [0.5, 0.6) is 0 Å². The van der Waals surface area contributed by atoms with Crippen LogP contribution in [0.25, 0.3) is 0 Å². The first kappa shape index (κ1) is 18.2. The van der Waals surface area contributed by atoms with Crippen molar-refractivity contribution in [3.63, 3.8) is 0 Å². The Balaban J connectivity index is 3.81. The number of rotatable bonds is 13. The van der Waals surface area contributed by atoms with E-state index in [1.54, 1.807) is 0 Å². The molecule has 0 N–H and O–H groups in total. The van der Waals surface area contributed by atoms with Gasteiger partial charge in [0.15, 0.2) is 0 Å². The van der Waals surface area contributed by atoms with E-state index in [0.717, 1.165) is 44.4 Å². The summed E-state index contributed by atoms with van der Waals surface area (Å²) in [5.74, 6) is 0. The van der Waals surface area contributed by atoms with Crippen LogP contribution in [0.1, 0.15) is 78.6 Å². The molecule has 18 heavy (non-hydrogen) atoms. The van der Waals surface area contributed by atoms with Crippen molar-refractivity contribution < 1.29 is 9.09 Å². The summed E-state index contributed by atoms with van der Waals surface area (Å²) in [4.78, 5) is 0. The summed E-state index contributed by atoms with van der Waals surface area (Å²) in [5, 5.41) is 0. The minimum atomic E-state index is -2.31. The van der Waals surface area contributed by atoms with E-state index in [4.69, 9.17) is 4.52 Å². The lowest BCUT2D eigenvalue weighted by molar-refractivity contribution is 0.300.